The fourth-order valence-electron chi connectivity index (χ4n) is 2.88. The summed E-state index contributed by atoms with van der Waals surface area (Å²) in [5, 5.41) is 6.22. The van der Waals surface area contributed by atoms with Gasteiger partial charge in [0, 0.05) is 25.6 Å². The fraction of sp³-hybridized carbons (Fsp3) is 0.588. The molecule has 1 heterocycles. The largest absolute Gasteiger partial charge is 0.495 e. The van der Waals surface area contributed by atoms with Crippen molar-refractivity contribution in [2.24, 2.45) is 0 Å². The van der Waals surface area contributed by atoms with Crippen LogP contribution in [-0.2, 0) is 4.79 Å². The van der Waals surface area contributed by atoms with Crippen molar-refractivity contribution < 1.29 is 9.53 Å². The molecule has 1 fully saturated rings. The smallest absolute Gasteiger partial charge is 0.220 e. The van der Waals surface area contributed by atoms with Crippen LogP contribution >= 0.6 is 24.8 Å². The molecule has 1 aromatic rings. The van der Waals surface area contributed by atoms with Gasteiger partial charge in [0.1, 0.15) is 5.75 Å². The van der Waals surface area contributed by atoms with Gasteiger partial charge in [-0.3, -0.25) is 4.79 Å². The van der Waals surface area contributed by atoms with E-state index in [-0.39, 0.29) is 30.7 Å². The van der Waals surface area contributed by atoms with E-state index in [1.54, 1.807) is 7.11 Å². The van der Waals surface area contributed by atoms with Gasteiger partial charge in [-0.05, 0) is 45.0 Å². The van der Waals surface area contributed by atoms with Gasteiger partial charge in [0.25, 0.3) is 0 Å². The van der Waals surface area contributed by atoms with Crippen LogP contribution in [0.3, 0.4) is 0 Å². The van der Waals surface area contributed by atoms with Gasteiger partial charge in [0.05, 0.1) is 12.8 Å². The molecule has 2 N–H and O–H groups in total. The van der Waals surface area contributed by atoms with E-state index in [9.17, 15) is 4.79 Å². The number of methoxy groups -OCH3 is 1. The average Bonchev–Trinajstić information content (AvgIpc) is 2.56. The molecule has 7 heteroatoms. The molecule has 0 aliphatic carbocycles. The number of benzene rings is 1. The summed E-state index contributed by atoms with van der Waals surface area (Å²) in [5.74, 6) is 1.09. The first kappa shape index (κ1) is 22.8. The third-order valence-electron chi connectivity index (χ3n) is 4.12. The zero-order valence-electron chi connectivity index (χ0n) is 14.4. The molecule has 0 spiro atoms. The number of para-hydroxylation sites is 2. The van der Waals surface area contributed by atoms with Gasteiger partial charge >= 0.3 is 0 Å². The summed E-state index contributed by atoms with van der Waals surface area (Å²) in [7, 11) is 3.61. The number of rotatable bonds is 7. The molecule has 24 heavy (non-hydrogen) atoms. The molecule has 1 saturated heterocycles. The third-order valence-corrected chi connectivity index (χ3v) is 4.12. The summed E-state index contributed by atoms with van der Waals surface area (Å²) in [6.07, 6.45) is 3.46. The Labute approximate surface area is 157 Å². The van der Waals surface area contributed by atoms with Gasteiger partial charge in [-0.2, -0.15) is 0 Å². The molecule has 0 radical (unpaired) electrons. The van der Waals surface area contributed by atoms with Crippen LogP contribution < -0.4 is 20.3 Å². The predicted molar refractivity (Wildman–Crippen MR) is 104 cm³/mol. The van der Waals surface area contributed by atoms with E-state index in [1.807, 2.05) is 25.2 Å². The van der Waals surface area contributed by atoms with Crippen molar-refractivity contribution >= 4 is 36.4 Å². The number of hydrogen-bond acceptors (Lipinski definition) is 4. The predicted octanol–water partition coefficient (Wildman–Crippen LogP) is 2.62. The van der Waals surface area contributed by atoms with Crippen LogP contribution in [0.5, 0.6) is 5.75 Å². The Kier molecular flexibility index (Phi) is 11.6. The number of halogens is 2. The van der Waals surface area contributed by atoms with E-state index < -0.39 is 0 Å². The third kappa shape index (κ3) is 6.75. The molecule has 138 valence electrons. The van der Waals surface area contributed by atoms with Crippen molar-refractivity contribution in [3.05, 3.63) is 24.3 Å². The van der Waals surface area contributed by atoms with E-state index in [4.69, 9.17) is 4.74 Å². The Balaban J connectivity index is 0.00000264. The molecule has 0 aromatic heterocycles. The highest BCUT2D eigenvalue weighted by molar-refractivity contribution is 5.85. The van der Waals surface area contributed by atoms with Crippen LogP contribution in [0.1, 0.15) is 25.7 Å². The maximum atomic E-state index is 11.9. The first-order valence-electron chi connectivity index (χ1n) is 8.06. The van der Waals surface area contributed by atoms with Gasteiger partial charge in [-0.15, -0.1) is 24.8 Å². The van der Waals surface area contributed by atoms with Crippen molar-refractivity contribution in [2.45, 2.75) is 31.7 Å². The number of nitrogens with zero attached hydrogens (tertiary/aromatic N) is 1. The van der Waals surface area contributed by atoms with Crippen molar-refractivity contribution in [1.29, 1.82) is 0 Å². The molecule has 0 saturated carbocycles. The molecule has 1 aromatic carbocycles. The van der Waals surface area contributed by atoms with Crippen LogP contribution in [0.15, 0.2) is 24.3 Å². The lowest BCUT2D eigenvalue weighted by Crippen LogP contribution is -2.44. The molecular weight excluding hydrogens is 349 g/mol. The van der Waals surface area contributed by atoms with Crippen molar-refractivity contribution in [1.82, 2.24) is 10.6 Å². The zero-order valence-corrected chi connectivity index (χ0v) is 16.0. The van der Waals surface area contributed by atoms with Gasteiger partial charge in [0.2, 0.25) is 5.91 Å². The first-order valence-corrected chi connectivity index (χ1v) is 8.06. The Bertz CT molecular complexity index is 481. The monoisotopic (exact) mass is 377 g/mol. The fourth-order valence-corrected chi connectivity index (χ4v) is 2.88. The molecule has 1 aliphatic rings. The van der Waals surface area contributed by atoms with Crippen LogP contribution in [0.2, 0.25) is 0 Å². The van der Waals surface area contributed by atoms with E-state index in [1.165, 1.54) is 0 Å². The van der Waals surface area contributed by atoms with Crippen LogP contribution in [-0.4, -0.2) is 45.7 Å². The number of carbonyl (C=O) groups is 1. The van der Waals surface area contributed by atoms with Crippen LogP contribution in [0, 0.1) is 0 Å². The average molecular weight is 378 g/mol. The Morgan fingerprint density at radius 1 is 1.25 bits per heavy atom. The number of ether oxygens (including phenoxy) is 1. The van der Waals surface area contributed by atoms with E-state index >= 15 is 0 Å². The summed E-state index contributed by atoms with van der Waals surface area (Å²) < 4.78 is 5.43. The standard InChI is InChI=1S/C17H27N3O2.2ClH/c1-18-11-5-8-17(21)19-14-9-12-20(13-10-14)15-6-3-4-7-16(15)22-2;;/h3-4,6-7,14,18H,5,8-13H2,1-2H3,(H,19,21);2*1H. The lowest BCUT2D eigenvalue weighted by atomic mass is 10.0. The summed E-state index contributed by atoms with van der Waals surface area (Å²) >= 11 is 0. The molecule has 0 bridgehead atoms. The minimum absolute atomic E-state index is 0. The number of carbonyl (C=O) groups excluding carboxylic acids is 1. The van der Waals surface area contributed by atoms with Gasteiger partial charge in [0.15, 0.2) is 0 Å². The van der Waals surface area contributed by atoms with Gasteiger partial charge < -0.3 is 20.3 Å². The maximum Gasteiger partial charge on any atom is 0.220 e. The lowest BCUT2D eigenvalue weighted by molar-refractivity contribution is -0.122. The first-order chi connectivity index (χ1) is 10.7. The molecule has 5 nitrogen and oxygen atoms in total. The highest BCUT2D eigenvalue weighted by Gasteiger charge is 2.22. The zero-order chi connectivity index (χ0) is 15.8. The molecule has 0 atom stereocenters. The number of amides is 1. The molecule has 2 rings (SSSR count). The second kappa shape index (κ2) is 12.2. The van der Waals surface area contributed by atoms with Gasteiger partial charge in [-0.25, -0.2) is 0 Å². The molecule has 1 amide bonds. The van der Waals surface area contributed by atoms with Crippen LogP contribution in [0.4, 0.5) is 5.69 Å². The quantitative estimate of drug-likeness (QED) is 0.717. The SMILES string of the molecule is CNCCCC(=O)NC1CCN(c2ccccc2OC)CC1.Cl.Cl. The Morgan fingerprint density at radius 3 is 2.54 bits per heavy atom. The minimum atomic E-state index is 0. The van der Waals surface area contributed by atoms with Crippen LogP contribution in [0.25, 0.3) is 0 Å². The summed E-state index contributed by atoms with van der Waals surface area (Å²) in [4.78, 5) is 14.2. The Hall–Kier alpha value is -1.17. The van der Waals surface area contributed by atoms with Crippen molar-refractivity contribution in [3.63, 3.8) is 0 Å². The summed E-state index contributed by atoms with van der Waals surface area (Å²) in [6.45, 7) is 2.78. The number of nitrogens with one attached hydrogen (secondary N) is 2. The van der Waals surface area contributed by atoms with Gasteiger partial charge in [-0.1, -0.05) is 12.1 Å². The minimum Gasteiger partial charge on any atom is -0.495 e. The summed E-state index contributed by atoms with van der Waals surface area (Å²) in [5.41, 5.74) is 1.14. The van der Waals surface area contributed by atoms with E-state index in [0.717, 1.165) is 50.3 Å². The molecule has 0 unspecified atom stereocenters. The lowest BCUT2D eigenvalue weighted by Gasteiger charge is -2.34. The second-order valence-corrected chi connectivity index (χ2v) is 5.71. The summed E-state index contributed by atoms with van der Waals surface area (Å²) in [6, 6.07) is 8.40. The highest BCUT2D eigenvalue weighted by Crippen LogP contribution is 2.29. The Morgan fingerprint density at radius 2 is 1.92 bits per heavy atom. The van der Waals surface area contributed by atoms with E-state index in [2.05, 4.69) is 21.6 Å². The number of anilines is 1. The normalized spacial score (nSPS) is 14.3. The topological polar surface area (TPSA) is 53.6 Å². The number of piperidine rings is 1. The highest BCUT2D eigenvalue weighted by atomic mass is 35.5. The van der Waals surface area contributed by atoms with Crippen molar-refractivity contribution in [3.8, 4) is 5.75 Å². The van der Waals surface area contributed by atoms with Crippen molar-refractivity contribution in [2.75, 3.05) is 38.7 Å². The second-order valence-electron chi connectivity index (χ2n) is 5.71. The molecule has 1 aliphatic heterocycles. The number of hydrogen-bond donors (Lipinski definition) is 2. The molecular formula is C17H29Cl2N3O2. The van der Waals surface area contributed by atoms with E-state index in [0.29, 0.717) is 12.5 Å². The maximum absolute atomic E-state index is 11.9.